The lowest BCUT2D eigenvalue weighted by atomic mass is 10.2. The van der Waals surface area contributed by atoms with Crippen LogP contribution in [0.1, 0.15) is 31.7 Å². The maximum atomic E-state index is 12.2. The molecular weight excluding hydrogens is 323 g/mol. The first-order valence-electron chi connectivity index (χ1n) is 7.25. The van der Waals surface area contributed by atoms with Gasteiger partial charge in [0, 0.05) is 5.02 Å². The number of hydrogen-bond donors (Lipinski definition) is 0. The highest BCUT2D eigenvalue weighted by Crippen LogP contribution is 2.20. The molecule has 0 amide bonds. The van der Waals surface area contributed by atoms with E-state index in [2.05, 4.69) is 12.0 Å². The standard InChI is InChI=1S/C16H18Cl2N2O2/c1-2-3-6-9-22-14-10-19-20(16(21)15(14)18)11-12-7-4-5-8-13(12)17/h4-5,7-8,10H,2-3,6,9,11H2,1H3. The Bertz CT molecular complexity index is 686. The summed E-state index contributed by atoms with van der Waals surface area (Å²) in [7, 11) is 0. The fourth-order valence-corrected chi connectivity index (χ4v) is 2.38. The van der Waals surface area contributed by atoms with Crippen molar-refractivity contribution >= 4 is 23.2 Å². The van der Waals surface area contributed by atoms with Gasteiger partial charge < -0.3 is 4.74 Å². The molecule has 1 heterocycles. The highest BCUT2D eigenvalue weighted by atomic mass is 35.5. The quantitative estimate of drug-likeness (QED) is 0.710. The zero-order chi connectivity index (χ0) is 15.9. The van der Waals surface area contributed by atoms with Crippen LogP contribution in [0, 0.1) is 0 Å². The predicted octanol–water partition coefficient (Wildman–Crippen LogP) is 4.17. The summed E-state index contributed by atoms with van der Waals surface area (Å²) in [6.45, 7) is 2.92. The van der Waals surface area contributed by atoms with Crippen LogP contribution in [0.5, 0.6) is 5.75 Å². The average Bonchev–Trinajstić information content (AvgIpc) is 2.52. The van der Waals surface area contributed by atoms with E-state index in [1.807, 2.05) is 18.2 Å². The fraction of sp³-hybridized carbons (Fsp3) is 0.375. The summed E-state index contributed by atoms with van der Waals surface area (Å²) in [5.41, 5.74) is 0.432. The number of nitrogens with zero attached hydrogens (tertiary/aromatic N) is 2. The molecule has 0 aliphatic rings. The van der Waals surface area contributed by atoms with Gasteiger partial charge in [-0.2, -0.15) is 5.10 Å². The largest absolute Gasteiger partial charge is 0.490 e. The second-order valence-electron chi connectivity index (χ2n) is 4.93. The van der Waals surface area contributed by atoms with Crippen LogP contribution < -0.4 is 10.3 Å². The Balaban J connectivity index is 2.13. The molecule has 2 aromatic rings. The molecule has 0 radical (unpaired) electrons. The number of hydrogen-bond acceptors (Lipinski definition) is 3. The van der Waals surface area contributed by atoms with E-state index < -0.39 is 0 Å². The van der Waals surface area contributed by atoms with Gasteiger partial charge >= 0.3 is 0 Å². The minimum Gasteiger partial charge on any atom is -0.490 e. The first-order valence-corrected chi connectivity index (χ1v) is 8.01. The van der Waals surface area contributed by atoms with Crippen molar-refractivity contribution in [3.8, 4) is 5.75 Å². The number of benzene rings is 1. The summed E-state index contributed by atoms with van der Waals surface area (Å²) in [5, 5.41) is 4.75. The minimum absolute atomic E-state index is 0.0542. The number of unbranched alkanes of at least 4 members (excludes halogenated alkanes) is 2. The van der Waals surface area contributed by atoms with E-state index in [-0.39, 0.29) is 17.1 Å². The lowest BCUT2D eigenvalue weighted by molar-refractivity contribution is 0.303. The van der Waals surface area contributed by atoms with Crippen LogP contribution in [0.15, 0.2) is 35.3 Å². The Morgan fingerprint density at radius 1 is 1.23 bits per heavy atom. The molecule has 0 saturated heterocycles. The summed E-state index contributed by atoms with van der Waals surface area (Å²) in [6, 6.07) is 7.32. The maximum Gasteiger partial charge on any atom is 0.289 e. The summed E-state index contributed by atoms with van der Waals surface area (Å²) in [5.74, 6) is 0.332. The summed E-state index contributed by atoms with van der Waals surface area (Å²) in [6.07, 6.45) is 4.59. The highest BCUT2D eigenvalue weighted by molar-refractivity contribution is 6.32. The Morgan fingerprint density at radius 3 is 2.73 bits per heavy atom. The van der Waals surface area contributed by atoms with Crippen LogP contribution in [-0.2, 0) is 6.54 Å². The maximum absolute atomic E-state index is 12.2. The van der Waals surface area contributed by atoms with Gasteiger partial charge in [0.2, 0.25) is 0 Å². The molecule has 0 spiro atoms. The van der Waals surface area contributed by atoms with E-state index in [9.17, 15) is 4.79 Å². The molecule has 0 N–H and O–H groups in total. The van der Waals surface area contributed by atoms with Gasteiger partial charge in [0.05, 0.1) is 19.3 Å². The summed E-state index contributed by atoms with van der Waals surface area (Å²) < 4.78 is 6.79. The van der Waals surface area contributed by atoms with Crippen molar-refractivity contribution in [1.29, 1.82) is 0 Å². The van der Waals surface area contributed by atoms with Crippen molar-refractivity contribution in [2.75, 3.05) is 6.61 Å². The third-order valence-electron chi connectivity index (χ3n) is 3.24. The molecule has 2 rings (SSSR count). The lowest BCUT2D eigenvalue weighted by Crippen LogP contribution is -2.24. The zero-order valence-corrected chi connectivity index (χ0v) is 13.9. The minimum atomic E-state index is -0.380. The van der Waals surface area contributed by atoms with Crippen molar-refractivity contribution in [3.63, 3.8) is 0 Å². The number of rotatable bonds is 7. The van der Waals surface area contributed by atoms with Gasteiger partial charge in [-0.05, 0) is 18.1 Å². The van der Waals surface area contributed by atoms with E-state index in [1.165, 1.54) is 10.9 Å². The van der Waals surface area contributed by atoms with Gasteiger partial charge in [0.25, 0.3) is 5.56 Å². The fourth-order valence-electron chi connectivity index (χ4n) is 1.99. The average molecular weight is 341 g/mol. The van der Waals surface area contributed by atoms with E-state index in [1.54, 1.807) is 6.07 Å². The van der Waals surface area contributed by atoms with Crippen molar-refractivity contribution in [1.82, 2.24) is 9.78 Å². The summed E-state index contributed by atoms with van der Waals surface area (Å²) >= 11 is 12.2. The molecule has 118 valence electrons. The first kappa shape index (κ1) is 16.8. The molecule has 4 nitrogen and oxygen atoms in total. The SMILES string of the molecule is CCCCCOc1cnn(Cc2ccccc2Cl)c(=O)c1Cl. The number of halogens is 2. The van der Waals surface area contributed by atoms with Gasteiger partial charge in [-0.3, -0.25) is 4.79 Å². The Kier molecular flexibility index (Phi) is 6.28. The van der Waals surface area contributed by atoms with Crippen LogP contribution in [-0.4, -0.2) is 16.4 Å². The summed E-state index contributed by atoms with van der Waals surface area (Å²) in [4.78, 5) is 12.2. The smallest absolute Gasteiger partial charge is 0.289 e. The zero-order valence-electron chi connectivity index (χ0n) is 12.4. The van der Waals surface area contributed by atoms with E-state index in [0.717, 1.165) is 24.8 Å². The van der Waals surface area contributed by atoms with Gasteiger partial charge in [-0.25, -0.2) is 4.68 Å². The van der Waals surface area contributed by atoms with E-state index in [4.69, 9.17) is 27.9 Å². The molecule has 0 saturated carbocycles. The van der Waals surface area contributed by atoms with E-state index >= 15 is 0 Å². The van der Waals surface area contributed by atoms with Crippen molar-refractivity contribution in [3.05, 3.63) is 56.4 Å². The Morgan fingerprint density at radius 2 is 2.00 bits per heavy atom. The lowest BCUT2D eigenvalue weighted by Gasteiger charge is -2.10. The first-order chi connectivity index (χ1) is 10.6. The molecule has 1 aromatic carbocycles. The van der Waals surface area contributed by atoms with Crippen molar-refractivity contribution < 1.29 is 4.74 Å². The normalized spacial score (nSPS) is 10.7. The van der Waals surface area contributed by atoms with Crippen LogP contribution in [0.4, 0.5) is 0 Å². The molecule has 0 atom stereocenters. The molecular formula is C16H18Cl2N2O2. The second-order valence-corrected chi connectivity index (χ2v) is 5.72. The third-order valence-corrected chi connectivity index (χ3v) is 3.95. The second kappa shape index (κ2) is 8.20. The van der Waals surface area contributed by atoms with E-state index in [0.29, 0.717) is 17.4 Å². The predicted molar refractivity (Wildman–Crippen MR) is 89.1 cm³/mol. The van der Waals surface area contributed by atoms with Crippen LogP contribution in [0.3, 0.4) is 0 Å². The highest BCUT2D eigenvalue weighted by Gasteiger charge is 2.11. The number of ether oxygens (including phenoxy) is 1. The molecule has 0 unspecified atom stereocenters. The molecule has 0 aliphatic heterocycles. The molecule has 0 bridgehead atoms. The molecule has 0 fully saturated rings. The van der Waals surface area contributed by atoms with Crippen LogP contribution in [0.2, 0.25) is 10.0 Å². The van der Waals surface area contributed by atoms with Gasteiger partial charge in [-0.1, -0.05) is 61.2 Å². The van der Waals surface area contributed by atoms with Gasteiger partial charge in [0.15, 0.2) is 10.8 Å². The third kappa shape index (κ3) is 4.24. The number of aromatic nitrogens is 2. The monoisotopic (exact) mass is 340 g/mol. The van der Waals surface area contributed by atoms with Crippen molar-refractivity contribution in [2.45, 2.75) is 32.7 Å². The van der Waals surface area contributed by atoms with Gasteiger partial charge in [-0.15, -0.1) is 0 Å². The molecule has 6 heteroatoms. The molecule has 22 heavy (non-hydrogen) atoms. The Labute approximate surface area is 139 Å². The Hall–Kier alpha value is -1.52. The van der Waals surface area contributed by atoms with Crippen molar-refractivity contribution in [2.24, 2.45) is 0 Å². The molecule has 0 aliphatic carbocycles. The van der Waals surface area contributed by atoms with Gasteiger partial charge in [0.1, 0.15) is 0 Å². The van der Waals surface area contributed by atoms with Crippen LogP contribution in [0.25, 0.3) is 0 Å². The molecule has 1 aromatic heterocycles. The topological polar surface area (TPSA) is 44.1 Å². The van der Waals surface area contributed by atoms with Crippen LogP contribution >= 0.6 is 23.2 Å².